The number of ether oxygens (including phenoxy) is 8. The minimum absolute atomic E-state index is 0. The lowest BCUT2D eigenvalue weighted by atomic mass is 9.43. The van der Waals surface area contributed by atoms with Gasteiger partial charge in [0.25, 0.3) is 0 Å². The van der Waals surface area contributed by atoms with E-state index < -0.39 is 34.8 Å². The summed E-state index contributed by atoms with van der Waals surface area (Å²) in [7, 11) is 1.86. The highest BCUT2D eigenvalue weighted by Crippen LogP contribution is 2.72. The molecule has 38 atom stereocenters. The largest absolute Gasteiger partial charge is 0.394 e. The number of fused-ring (bicyclic) bond motifs is 21. The van der Waals surface area contributed by atoms with Gasteiger partial charge in [0, 0.05) is 52.1 Å². The second-order valence-electron chi connectivity index (χ2n) is 41.7. The zero-order valence-corrected chi connectivity index (χ0v) is 72.3. The van der Waals surface area contributed by atoms with E-state index in [4.69, 9.17) is 55.8 Å². The van der Waals surface area contributed by atoms with Crippen LogP contribution in [0.3, 0.4) is 0 Å². The van der Waals surface area contributed by atoms with Crippen LogP contribution in [0.4, 0.5) is 0 Å². The van der Waals surface area contributed by atoms with Gasteiger partial charge in [-0.2, -0.15) is 18.9 Å². The van der Waals surface area contributed by atoms with E-state index in [1.54, 1.807) is 28.4 Å². The minimum Gasteiger partial charge on any atom is -0.394 e. The maximum absolute atomic E-state index is 12.6. The van der Waals surface area contributed by atoms with Crippen LogP contribution in [0.2, 0.25) is 0 Å². The zero-order chi connectivity index (χ0) is 83.5. The molecule has 117 heavy (non-hydrogen) atoms. The molecule has 10 N–H and O–H groups in total. The number of hydrogen-bond acceptors (Lipinski definition) is 22. The number of carbonyl (C=O) groups excluding carboxylic acids is 2. The smallest absolute Gasteiger partial charge is 0.394 e. The molecule has 0 aromatic carbocycles. The van der Waals surface area contributed by atoms with Crippen molar-refractivity contribution in [2.75, 3.05) is 81.3 Å². The highest BCUT2D eigenvalue weighted by molar-refractivity contribution is 7.79. The summed E-state index contributed by atoms with van der Waals surface area (Å²) < 4.78 is 75.2. The van der Waals surface area contributed by atoms with Crippen molar-refractivity contribution in [2.45, 2.75) is 323 Å². The normalized spacial score (nSPS) is 50.1. The molecule has 0 bridgehead atoms. The number of carbonyl (C=O) groups is 2. The van der Waals surface area contributed by atoms with Crippen LogP contribution in [-0.2, 0) is 57.9 Å². The molecule has 0 unspecified atom stereocenters. The molecule has 25 heteroatoms. The Balaban J connectivity index is 0.000000158. The lowest BCUT2D eigenvalue weighted by Gasteiger charge is -2.62. The number of aliphatic hydroxyl groups is 8. The third kappa shape index (κ3) is 18.5. The molecule has 17 aliphatic rings. The number of epoxide rings is 1. The Morgan fingerprint density at radius 3 is 0.974 bits per heavy atom. The van der Waals surface area contributed by atoms with Gasteiger partial charge in [0.1, 0.15) is 11.6 Å². The van der Waals surface area contributed by atoms with Crippen molar-refractivity contribution >= 4 is 22.0 Å². The zero-order valence-electron chi connectivity index (χ0n) is 71.5. The first-order valence-corrected chi connectivity index (χ1v) is 46.1. The van der Waals surface area contributed by atoms with Gasteiger partial charge in [-0.3, -0.25) is 18.7 Å². The lowest BCUT2D eigenvalue weighted by molar-refractivity contribution is -0.203. The first-order chi connectivity index (χ1) is 54.3. The van der Waals surface area contributed by atoms with Crippen LogP contribution in [0, 0.1) is 173 Å². The van der Waals surface area contributed by atoms with Crippen molar-refractivity contribution in [2.24, 2.45) is 150 Å². The fourth-order valence-electron chi connectivity index (χ4n) is 31.2. The van der Waals surface area contributed by atoms with Crippen molar-refractivity contribution in [3.8, 4) is 12.1 Å². The Kier molecular flexibility index (Phi) is 31.8. The topological polar surface area (TPSA) is 395 Å². The van der Waals surface area contributed by atoms with Gasteiger partial charge in [-0.15, -0.1) is 0 Å². The van der Waals surface area contributed by atoms with Crippen molar-refractivity contribution < 1.29 is 106 Å². The van der Waals surface area contributed by atoms with Gasteiger partial charge in [0.05, 0.1) is 150 Å². The molecule has 16 saturated carbocycles. The quantitative estimate of drug-likeness (QED) is 0.0439. The van der Waals surface area contributed by atoms with Crippen molar-refractivity contribution in [1.82, 2.24) is 0 Å². The molecule has 672 valence electrons. The van der Waals surface area contributed by atoms with Gasteiger partial charge in [0.15, 0.2) is 0 Å². The SMILES string of the molecule is C.C.COCCO.COCCO[C@H]1C[C@@]2(C)[C@@H](CC[C@@H]3[C@@H]2[C@@H](O)C[C@]2(C)C(=O)CC[C@@H]32)C[C@@H]1O.COCCO[C@H]1C[C@@]2(C)[C@@H](CC[C@@H]3[C@@H]2[C@@H](O)C[C@]2(C)[C@@H](C#N)CC[C@@H]32)C[C@@H]1O.COCCO[C@H]1C[C@@]2(C)[C@@H](CC[C@@H]3[C@@H]2[C@@H](O)C[C@]2(C)[C@H](C#N)CC[C@@H]32)C[C@@H]1O.C[C@]12C[C@H]3O[C@H]3C[C@@H]1CC[C@@H]1[C@@H]2[C@@H](O)C[C@]2(C)C(=O)CC[C@@H]12.O=S(=O)(O)O. The van der Waals surface area contributed by atoms with Gasteiger partial charge in [-0.05, 0) is 294 Å². The molecule has 0 radical (unpaired) electrons. The average Bonchev–Trinajstić information content (AvgIpc) is 1.67. The van der Waals surface area contributed by atoms with Gasteiger partial charge in [0.2, 0.25) is 0 Å². The third-order valence-corrected chi connectivity index (χ3v) is 36.5. The van der Waals surface area contributed by atoms with E-state index in [1.807, 2.05) is 0 Å². The fourth-order valence-corrected chi connectivity index (χ4v) is 31.2. The first-order valence-electron chi connectivity index (χ1n) is 44.7. The Morgan fingerprint density at radius 2 is 0.675 bits per heavy atom. The second kappa shape index (κ2) is 38.4. The van der Waals surface area contributed by atoms with Crippen molar-refractivity contribution in [3.63, 3.8) is 0 Å². The van der Waals surface area contributed by atoms with Gasteiger partial charge >= 0.3 is 10.4 Å². The maximum atomic E-state index is 12.6. The summed E-state index contributed by atoms with van der Waals surface area (Å²) >= 11 is 0. The Morgan fingerprint density at radius 1 is 0.376 bits per heavy atom. The van der Waals surface area contributed by atoms with Gasteiger partial charge in [-0.25, -0.2) is 0 Å². The number of Topliss-reactive ketones (excluding diaryl/α,β-unsaturated/α-hetero) is 2. The van der Waals surface area contributed by atoms with Crippen LogP contribution in [0.1, 0.15) is 250 Å². The van der Waals surface area contributed by atoms with Crippen LogP contribution < -0.4 is 0 Å². The molecule has 16 aliphatic carbocycles. The van der Waals surface area contributed by atoms with Crippen LogP contribution in [0.25, 0.3) is 0 Å². The monoisotopic (exact) mass is 1670 g/mol. The number of rotatable bonds is 14. The van der Waals surface area contributed by atoms with Crippen molar-refractivity contribution in [1.29, 1.82) is 10.5 Å². The van der Waals surface area contributed by atoms with E-state index >= 15 is 0 Å². The summed E-state index contributed by atoms with van der Waals surface area (Å²) in [5, 5.41) is 104. The molecule has 24 nitrogen and oxygen atoms in total. The van der Waals surface area contributed by atoms with E-state index in [9.17, 15) is 55.9 Å². The minimum atomic E-state index is -4.67. The van der Waals surface area contributed by atoms with E-state index in [1.165, 1.54) is 19.3 Å². The molecular formula is C92H156N2O22S. The standard InChI is InChI=1S/2C23H37NO4.C22H36O5.C19H28O3.C3H8O2.2CH4.H2O4S/c2*1-22-11-19(26)21-16(17(22)7-5-15(22)13-24)6-4-14-10-18(25)20(12-23(14,21)2)28-9-8-27-3;1-21-12-18(27-9-8-26-3)16(23)10-13(21)4-5-14-15-6-7-19(25)22(15,2)11-17(24)20(14)21;1-18-9-15-14(22-15)7-10(18)3-4-11-12-5-6-16(21)19(12,2)8-13(20)17(11)18;1-5-3-2-4;;;1-5(2,3)4/h2*14-21,25-26H,4-12H2,1-3H3;13-18,20,23-24H,4-12H2,1-3H3;10-15,17,20H,3-9H2,1-2H3;4H,2-3H2,1H3;2*1H4;(H2,1,2,3,4)/t14-,15+,16-,17-,18-,19-,20-,21+,22+,23-;14-,15-,16-,17-,18-,19-,20-,21+,22+,23-;13-,14-,15-,16-,17-,18-,20+,21-,22-;10-,11-,12-,13-,14-,15+,17+,18-,19-;;;;/m0000..../s1. The van der Waals surface area contributed by atoms with Gasteiger partial charge in [-0.1, -0.05) is 70.2 Å². The van der Waals surface area contributed by atoms with E-state index in [-0.39, 0.29) is 131 Å². The fraction of sp³-hybridized carbons (Fsp3) is 0.957. The molecule has 0 spiro atoms. The summed E-state index contributed by atoms with van der Waals surface area (Å²) in [6.07, 6.45) is 24.4. The van der Waals surface area contributed by atoms with Gasteiger partial charge < -0.3 is 78.7 Å². The number of nitrogens with zero attached hydrogens (tertiary/aromatic N) is 2. The molecule has 1 saturated heterocycles. The maximum Gasteiger partial charge on any atom is 0.394 e. The van der Waals surface area contributed by atoms with Crippen LogP contribution in [-0.4, -0.2) is 224 Å². The summed E-state index contributed by atoms with van der Waals surface area (Å²) in [6, 6.07) is 5.10. The number of methoxy groups -OCH3 is 4. The highest BCUT2D eigenvalue weighted by atomic mass is 32.3. The lowest BCUT2D eigenvalue weighted by Crippen LogP contribution is -2.61. The third-order valence-electron chi connectivity index (χ3n) is 36.5. The van der Waals surface area contributed by atoms with E-state index in [2.05, 4.69) is 72.3 Å². The molecule has 0 aromatic heterocycles. The predicted molar refractivity (Wildman–Crippen MR) is 440 cm³/mol. The van der Waals surface area contributed by atoms with Crippen LogP contribution >= 0.6 is 0 Å². The number of ketones is 2. The molecule has 1 heterocycles. The molecule has 17 rings (SSSR count). The summed E-state index contributed by atoms with van der Waals surface area (Å²) in [5.74, 6) is 8.03. The highest BCUT2D eigenvalue weighted by Gasteiger charge is 2.70. The molecule has 0 amide bonds. The number of nitriles is 2. The van der Waals surface area contributed by atoms with Crippen LogP contribution in [0.15, 0.2) is 0 Å². The predicted octanol–water partition coefficient (Wildman–Crippen LogP) is 12.0. The van der Waals surface area contributed by atoms with Crippen LogP contribution in [0.5, 0.6) is 0 Å². The van der Waals surface area contributed by atoms with Crippen molar-refractivity contribution in [3.05, 3.63) is 0 Å². The number of hydrogen-bond donors (Lipinski definition) is 10. The van der Waals surface area contributed by atoms with E-state index in [0.29, 0.717) is 166 Å². The number of aliphatic hydroxyl groups excluding tert-OH is 8. The summed E-state index contributed by atoms with van der Waals surface area (Å²) in [5.41, 5.74) is -0.471. The first kappa shape index (κ1) is 96.8. The molecule has 17 fully saturated rings. The summed E-state index contributed by atoms with van der Waals surface area (Å²) in [4.78, 5) is 25.0. The van der Waals surface area contributed by atoms with E-state index in [0.717, 1.165) is 141 Å². The second-order valence-corrected chi connectivity index (χ2v) is 42.6. The Labute approximate surface area is 701 Å². The average molecular weight is 1670 g/mol. The summed E-state index contributed by atoms with van der Waals surface area (Å²) in [6.45, 7) is 21.8. The molecular weight excluding hydrogens is 1520 g/mol. The Hall–Kier alpha value is -2.45. The Bertz CT molecular complexity index is 3380. The molecule has 0 aromatic rings. The molecule has 1 aliphatic heterocycles.